The van der Waals surface area contributed by atoms with Crippen molar-refractivity contribution in [1.29, 1.82) is 0 Å². The maximum atomic E-state index is 11.2. The highest BCUT2D eigenvalue weighted by molar-refractivity contribution is 5.44. The minimum absolute atomic E-state index is 0.0399. The third-order valence-electron chi connectivity index (χ3n) is 7.42. The summed E-state index contributed by atoms with van der Waals surface area (Å²) in [6, 6.07) is 0. The Morgan fingerprint density at radius 2 is 2.04 bits per heavy atom. The molecule has 2 heteroatoms. The van der Waals surface area contributed by atoms with Crippen molar-refractivity contribution in [2.75, 3.05) is 0 Å². The van der Waals surface area contributed by atoms with Crippen LogP contribution in [0.1, 0.15) is 58.3 Å². The van der Waals surface area contributed by atoms with E-state index in [0.29, 0.717) is 11.8 Å². The Morgan fingerprint density at radius 3 is 2.83 bits per heavy atom. The van der Waals surface area contributed by atoms with E-state index in [9.17, 15) is 10.2 Å². The van der Waals surface area contributed by atoms with Crippen LogP contribution in [0.3, 0.4) is 0 Å². The molecule has 1 unspecified atom stereocenters. The molecule has 0 aromatic carbocycles. The molecule has 0 aliphatic heterocycles. The molecular formula is C21H28O2. The summed E-state index contributed by atoms with van der Waals surface area (Å²) < 4.78 is 0. The molecule has 124 valence electrons. The van der Waals surface area contributed by atoms with Crippen LogP contribution in [-0.4, -0.2) is 21.9 Å². The van der Waals surface area contributed by atoms with Crippen molar-refractivity contribution in [1.82, 2.24) is 0 Å². The smallest absolute Gasteiger partial charge is 0.0957 e. The van der Waals surface area contributed by atoms with Crippen molar-refractivity contribution in [3.8, 4) is 0 Å². The molecule has 2 saturated carbocycles. The predicted octanol–water partition coefficient (Wildman–Crippen LogP) is 4.06. The van der Waals surface area contributed by atoms with Gasteiger partial charge in [0.05, 0.1) is 11.7 Å². The van der Waals surface area contributed by atoms with Crippen LogP contribution in [-0.2, 0) is 0 Å². The SMILES string of the molecule is C=C=C[C@]1(O)CC[C@H]2[C@@H]3CCC4=CC(O)CCC4=C3CC[C@@]21C. The number of hydrogen-bond donors (Lipinski definition) is 2. The van der Waals surface area contributed by atoms with Crippen LogP contribution in [0.4, 0.5) is 0 Å². The average Bonchev–Trinajstić information content (AvgIpc) is 2.79. The van der Waals surface area contributed by atoms with Gasteiger partial charge in [0.25, 0.3) is 0 Å². The summed E-state index contributed by atoms with van der Waals surface area (Å²) in [6.45, 7) is 5.99. The number of hydrogen-bond acceptors (Lipinski definition) is 2. The lowest BCUT2D eigenvalue weighted by Gasteiger charge is -2.51. The van der Waals surface area contributed by atoms with Gasteiger partial charge >= 0.3 is 0 Å². The lowest BCUT2D eigenvalue weighted by Crippen LogP contribution is -2.48. The number of fused-ring (bicyclic) bond motifs is 4. The van der Waals surface area contributed by atoms with Crippen LogP contribution in [0, 0.1) is 17.3 Å². The molecule has 0 amide bonds. The second-order valence-corrected chi connectivity index (χ2v) is 8.28. The van der Waals surface area contributed by atoms with Gasteiger partial charge in [-0.2, -0.15) is 0 Å². The first kappa shape index (κ1) is 15.4. The highest BCUT2D eigenvalue weighted by Crippen LogP contribution is 2.63. The van der Waals surface area contributed by atoms with E-state index in [4.69, 9.17) is 0 Å². The fraction of sp³-hybridized carbons (Fsp3) is 0.667. The van der Waals surface area contributed by atoms with Gasteiger partial charge < -0.3 is 10.2 Å². The topological polar surface area (TPSA) is 40.5 Å². The molecule has 4 aliphatic rings. The molecule has 4 aliphatic carbocycles. The first-order chi connectivity index (χ1) is 11.0. The van der Waals surface area contributed by atoms with Gasteiger partial charge in [-0.05, 0) is 80.4 Å². The van der Waals surface area contributed by atoms with E-state index in [1.807, 2.05) is 6.08 Å². The molecule has 0 aromatic heterocycles. The van der Waals surface area contributed by atoms with Crippen molar-refractivity contribution in [3.63, 3.8) is 0 Å². The van der Waals surface area contributed by atoms with Gasteiger partial charge in [0, 0.05) is 5.41 Å². The standard InChI is InChI=1S/C21H28O2/c1-3-10-21(23)12-9-19-18-6-4-14-13-15(22)5-7-16(14)17(18)8-11-20(19,21)2/h10,13,15,18-19,22-23H,1,4-9,11-12H2,2H3/t15?,18-,19+,20+,21+/m1/s1. The summed E-state index contributed by atoms with van der Waals surface area (Å²) in [5.41, 5.74) is 6.72. The third kappa shape index (κ3) is 2.09. The summed E-state index contributed by atoms with van der Waals surface area (Å²) in [5.74, 6) is 1.20. The minimum atomic E-state index is -0.728. The molecule has 0 radical (unpaired) electrons. The van der Waals surface area contributed by atoms with E-state index in [-0.39, 0.29) is 11.5 Å². The maximum Gasteiger partial charge on any atom is 0.0957 e. The number of rotatable bonds is 1. The average molecular weight is 312 g/mol. The fourth-order valence-corrected chi connectivity index (χ4v) is 6.11. The Balaban J connectivity index is 1.73. The monoisotopic (exact) mass is 312 g/mol. The molecule has 0 bridgehead atoms. The normalized spacial score (nSPS) is 45.5. The molecule has 0 saturated heterocycles. The van der Waals surface area contributed by atoms with Crippen molar-refractivity contribution >= 4 is 0 Å². The van der Waals surface area contributed by atoms with E-state index < -0.39 is 5.60 Å². The number of allylic oxidation sites excluding steroid dienone is 3. The quantitative estimate of drug-likeness (QED) is 0.717. The van der Waals surface area contributed by atoms with Crippen molar-refractivity contribution in [2.45, 2.75) is 70.0 Å². The summed E-state index contributed by atoms with van der Waals surface area (Å²) in [7, 11) is 0. The molecule has 2 nitrogen and oxygen atoms in total. The minimum Gasteiger partial charge on any atom is -0.389 e. The first-order valence-corrected chi connectivity index (χ1v) is 9.19. The van der Waals surface area contributed by atoms with Gasteiger partial charge in [0.15, 0.2) is 0 Å². The van der Waals surface area contributed by atoms with Gasteiger partial charge in [-0.15, -0.1) is 5.73 Å². The summed E-state index contributed by atoms with van der Waals surface area (Å²) in [6.07, 6.45) is 12.0. The summed E-state index contributed by atoms with van der Waals surface area (Å²) in [5, 5.41) is 21.1. The Kier molecular flexibility index (Phi) is 3.50. The van der Waals surface area contributed by atoms with E-state index in [0.717, 1.165) is 44.9 Å². The largest absolute Gasteiger partial charge is 0.389 e. The molecule has 0 aromatic rings. The second-order valence-electron chi connectivity index (χ2n) is 8.28. The third-order valence-corrected chi connectivity index (χ3v) is 7.42. The van der Waals surface area contributed by atoms with Crippen molar-refractivity contribution in [2.24, 2.45) is 17.3 Å². The van der Waals surface area contributed by atoms with Gasteiger partial charge in [-0.1, -0.05) is 25.2 Å². The zero-order valence-corrected chi connectivity index (χ0v) is 14.1. The van der Waals surface area contributed by atoms with Crippen LogP contribution in [0.5, 0.6) is 0 Å². The van der Waals surface area contributed by atoms with Crippen LogP contribution in [0.2, 0.25) is 0 Å². The Morgan fingerprint density at radius 1 is 1.22 bits per heavy atom. The molecule has 0 heterocycles. The van der Waals surface area contributed by atoms with Gasteiger partial charge in [0.1, 0.15) is 0 Å². The highest BCUT2D eigenvalue weighted by Gasteiger charge is 2.59. The lowest BCUT2D eigenvalue weighted by atomic mass is 9.55. The Hall–Kier alpha value is -1.08. The van der Waals surface area contributed by atoms with E-state index in [1.54, 1.807) is 11.1 Å². The molecule has 5 atom stereocenters. The summed E-state index contributed by atoms with van der Waals surface area (Å²) in [4.78, 5) is 0. The van der Waals surface area contributed by atoms with Crippen LogP contribution >= 0.6 is 0 Å². The lowest BCUT2D eigenvalue weighted by molar-refractivity contribution is -0.0537. The zero-order valence-electron chi connectivity index (χ0n) is 14.1. The predicted molar refractivity (Wildman–Crippen MR) is 91.8 cm³/mol. The molecule has 4 rings (SSSR count). The second kappa shape index (κ2) is 5.21. The summed E-state index contributed by atoms with van der Waals surface area (Å²) >= 11 is 0. The van der Waals surface area contributed by atoms with Crippen LogP contribution in [0.15, 0.2) is 41.2 Å². The van der Waals surface area contributed by atoms with E-state index in [2.05, 4.69) is 25.3 Å². The zero-order chi connectivity index (χ0) is 16.2. The van der Waals surface area contributed by atoms with E-state index in [1.165, 1.54) is 12.0 Å². The van der Waals surface area contributed by atoms with Crippen molar-refractivity contribution in [3.05, 3.63) is 41.2 Å². The highest BCUT2D eigenvalue weighted by atomic mass is 16.3. The Labute approximate surface area is 139 Å². The molecular weight excluding hydrogens is 284 g/mol. The number of aliphatic hydroxyl groups excluding tert-OH is 1. The van der Waals surface area contributed by atoms with Crippen LogP contribution < -0.4 is 0 Å². The van der Waals surface area contributed by atoms with Gasteiger partial charge in [-0.25, -0.2) is 0 Å². The Bertz CT molecular complexity index is 636. The molecule has 2 N–H and O–H groups in total. The number of aliphatic hydroxyl groups is 2. The first-order valence-electron chi connectivity index (χ1n) is 9.19. The molecule has 2 fully saturated rings. The van der Waals surface area contributed by atoms with Gasteiger partial charge in [0.2, 0.25) is 0 Å². The van der Waals surface area contributed by atoms with Gasteiger partial charge in [-0.3, -0.25) is 0 Å². The van der Waals surface area contributed by atoms with E-state index >= 15 is 0 Å². The van der Waals surface area contributed by atoms with Crippen molar-refractivity contribution < 1.29 is 10.2 Å². The fourth-order valence-electron chi connectivity index (χ4n) is 6.11. The molecule has 0 spiro atoms. The van der Waals surface area contributed by atoms with Crippen LogP contribution in [0.25, 0.3) is 0 Å². The molecule has 23 heavy (non-hydrogen) atoms. The maximum absolute atomic E-state index is 11.2.